The zero-order valence-electron chi connectivity index (χ0n) is 10.5. The third-order valence-corrected chi connectivity index (χ3v) is 4.90. The quantitative estimate of drug-likeness (QED) is 0.812. The summed E-state index contributed by atoms with van der Waals surface area (Å²) in [5, 5.41) is 17.0. The summed E-state index contributed by atoms with van der Waals surface area (Å²) in [6, 6.07) is 9.16. The summed E-state index contributed by atoms with van der Waals surface area (Å²) in [5.74, 6) is 0. The molecule has 0 bridgehead atoms. The Labute approximate surface area is 116 Å². The van der Waals surface area contributed by atoms with E-state index in [0.29, 0.717) is 6.04 Å². The Morgan fingerprint density at radius 3 is 2.17 bits per heavy atom. The summed E-state index contributed by atoms with van der Waals surface area (Å²) < 4.78 is 0. The van der Waals surface area contributed by atoms with Crippen LogP contribution in [0, 0.1) is 0 Å². The maximum atomic E-state index is 9.11. The van der Waals surface area contributed by atoms with Crippen molar-refractivity contribution in [3.05, 3.63) is 44.8 Å². The van der Waals surface area contributed by atoms with Crippen molar-refractivity contribution >= 4 is 22.7 Å². The van der Waals surface area contributed by atoms with Crippen molar-refractivity contribution in [2.75, 3.05) is 6.61 Å². The lowest BCUT2D eigenvalue weighted by atomic mass is 10.1. The van der Waals surface area contributed by atoms with E-state index in [1.54, 1.807) is 22.7 Å². The first-order valence-corrected chi connectivity index (χ1v) is 8.04. The van der Waals surface area contributed by atoms with Gasteiger partial charge in [-0.25, -0.2) is 0 Å². The molecule has 2 heterocycles. The molecule has 0 aliphatic heterocycles. The summed E-state index contributed by atoms with van der Waals surface area (Å²) in [6.45, 7) is 2.40. The SMILES string of the molecule is CCC(CCO)NC(c1cccs1)c1cccs1. The number of aliphatic hydroxyl groups is 1. The molecule has 2 aromatic heterocycles. The second-order valence-electron chi connectivity index (χ2n) is 4.25. The maximum Gasteiger partial charge on any atom is 0.0767 e. The second kappa shape index (κ2) is 7.04. The highest BCUT2D eigenvalue weighted by atomic mass is 32.1. The number of hydrogen-bond donors (Lipinski definition) is 2. The normalized spacial score (nSPS) is 13.1. The van der Waals surface area contributed by atoms with Crippen molar-refractivity contribution in [3.8, 4) is 0 Å². The van der Waals surface area contributed by atoms with Gasteiger partial charge in [0.25, 0.3) is 0 Å². The molecule has 4 heteroatoms. The second-order valence-corrected chi connectivity index (χ2v) is 6.21. The molecule has 2 nitrogen and oxygen atoms in total. The van der Waals surface area contributed by atoms with E-state index in [-0.39, 0.29) is 12.6 Å². The highest BCUT2D eigenvalue weighted by Crippen LogP contribution is 2.30. The monoisotopic (exact) mass is 281 g/mol. The van der Waals surface area contributed by atoms with E-state index in [9.17, 15) is 0 Å². The third-order valence-electron chi connectivity index (χ3n) is 3.03. The number of rotatable bonds is 7. The largest absolute Gasteiger partial charge is 0.396 e. The molecule has 0 fully saturated rings. The first kappa shape index (κ1) is 13.7. The van der Waals surface area contributed by atoms with E-state index in [2.05, 4.69) is 47.3 Å². The topological polar surface area (TPSA) is 32.3 Å². The smallest absolute Gasteiger partial charge is 0.0767 e. The van der Waals surface area contributed by atoms with E-state index in [1.165, 1.54) is 9.75 Å². The summed E-state index contributed by atoms with van der Waals surface area (Å²) in [6.07, 6.45) is 1.84. The Morgan fingerprint density at radius 1 is 1.17 bits per heavy atom. The Hall–Kier alpha value is -0.680. The van der Waals surface area contributed by atoms with E-state index >= 15 is 0 Å². The fourth-order valence-corrected chi connectivity index (χ4v) is 3.69. The van der Waals surface area contributed by atoms with Gasteiger partial charge in [-0.2, -0.15) is 0 Å². The van der Waals surface area contributed by atoms with Crippen molar-refractivity contribution in [2.24, 2.45) is 0 Å². The molecule has 2 aromatic rings. The fraction of sp³-hybridized carbons (Fsp3) is 0.429. The molecule has 2 N–H and O–H groups in total. The zero-order valence-corrected chi connectivity index (χ0v) is 12.1. The fourth-order valence-electron chi connectivity index (χ4n) is 2.01. The Bertz CT molecular complexity index is 390. The highest BCUT2D eigenvalue weighted by molar-refractivity contribution is 7.11. The van der Waals surface area contributed by atoms with Gasteiger partial charge in [-0.15, -0.1) is 22.7 Å². The molecule has 18 heavy (non-hydrogen) atoms. The Morgan fingerprint density at radius 2 is 1.78 bits per heavy atom. The van der Waals surface area contributed by atoms with Gasteiger partial charge in [-0.3, -0.25) is 0 Å². The van der Waals surface area contributed by atoms with Gasteiger partial charge in [0, 0.05) is 22.4 Å². The van der Waals surface area contributed by atoms with E-state index in [0.717, 1.165) is 12.8 Å². The van der Waals surface area contributed by atoms with Gasteiger partial charge >= 0.3 is 0 Å². The van der Waals surface area contributed by atoms with Crippen molar-refractivity contribution in [2.45, 2.75) is 31.8 Å². The molecule has 0 spiro atoms. The van der Waals surface area contributed by atoms with Crippen LogP contribution in [0.2, 0.25) is 0 Å². The van der Waals surface area contributed by atoms with Crippen molar-refractivity contribution in [1.82, 2.24) is 5.32 Å². The summed E-state index contributed by atoms with van der Waals surface area (Å²) >= 11 is 3.56. The van der Waals surface area contributed by atoms with E-state index in [1.807, 2.05) is 0 Å². The highest BCUT2D eigenvalue weighted by Gasteiger charge is 2.19. The van der Waals surface area contributed by atoms with Crippen LogP contribution in [0.3, 0.4) is 0 Å². The molecular formula is C14H19NOS2. The van der Waals surface area contributed by atoms with Crippen LogP contribution in [-0.4, -0.2) is 17.8 Å². The molecule has 1 atom stereocenters. The van der Waals surface area contributed by atoms with Crippen LogP contribution in [0.1, 0.15) is 35.6 Å². The average molecular weight is 281 g/mol. The van der Waals surface area contributed by atoms with Gasteiger partial charge in [-0.05, 0) is 35.7 Å². The molecule has 0 aliphatic rings. The lowest BCUT2D eigenvalue weighted by Crippen LogP contribution is -2.33. The van der Waals surface area contributed by atoms with Crippen molar-refractivity contribution in [1.29, 1.82) is 0 Å². The van der Waals surface area contributed by atoms with Crippen LogP contribution in [-0.2, 0) is 0 Å². The average Bonchev–Trinajstić information content (AvgIpc) is 3.06. The van der Waals surface area contributed by atoms with Gasteiger partial charge in [0.05, 0.1) is 6.04 Å². The minimum Gasteiger partial charge on any atom is -0.396 e. The van der Waals surface area contributed by atoms with E-state index < -0.39 is 0 Å². The first-order chi connectivity index (χ1) is 8.85. The molecule has 0 saturated carbocycles. The summed E-state index contributed by atoms with van der Waals surface area (Å²) in [5.41, 5.74) is 0. The number of thiophene rings is 2. The molecule has 2 rings (SSSR count). The van der Waals surface area contributed by atoms with Crippen LogP contribution in [0.4, 0.5) is 0 Å². The molecule has 98 valence electrons. The van der Waals surface area contributed by atoms with Gasteiger partial charge in [-0.1, -0.05) is 19.1 Å². The van der Waals surface area contributed by atoms with Crippen LogP contribution >= 0.6 is 22.7 Å². The predicted molar refractivity (Wildman–Crippen MR) is 79.4 cm³/mol. The molecule has 1 unspecified atom stereocenters. The van der Waals surface area contributed by atoms with Crippen molar-refractivity contribution in [3.63, 3.8) is 0 Å². The van der Waals surface area contributed by atoms with Crippen LogP contribution in [0.5, 0.6) is 0 Å². The molecule has 0 saturated heterocycles. The van der Waals surface area contributed by atoms with Crippen LogP contribution in [0.25, 0.3) is 0 Å². The lowest BCUT2D eigenvalue weighted by molar-refractivity contribution is 0.259. The zero-order chi connectivity index (χ0) is 12.8. The molecule has 0 aromatic carbocycles. The van der Waals surface area contributed by atoms with Gasteiger partial charge in [0.1, 0.15) is 0 Å². The predicted octanol–water partition coefficient (Wildman–Crippen LogP) is 3.65. The molecular weight excluding hydrogens is 262 g/mol. The van der Waals surface area contributed by atoms with Crippen LogP contribution in [0.15, 0.2) is 35.0 Å². The number of nitrogens with one attached hydrogen (secondary N) is 1. The van der Waals surface area contributed by atoms with Crippen molar-refractivity contribution < 1.29 is 5.11 Å². The third kappa shape index (κ3) is 3.42. The Kier molecular flexibility index (Phi) is 5.38. The maximum absolute atomic E-state index is 9.11. The number of aliphatic hydroxyl groups excluding tert-OH is 1. The van der Waals surface area contributed by atoms with Gasteiger partial charge in [0.2, 0.25) is 0 Å². The standard InChI is InChI=1S/C14H19NOS2/c1-2-11(7-8-16)15-14(12-5-3-9-17-12)13-6-4-10-18-13/h3-6,9-11,14-16H,2,7-8H2,1H3. The summed E-state index contributed by atoms with van der Waals surface area (Å²) in [4.78, 5) is 2.68. The molecule has 0 amide bonds. The first-order valence-electron chi connectivity index (χ1n) is 6.28. The minimum atomic E-state index is 0.243. The molecule has 0 radical (unpaired) electrons. The number of hydrogen-bond acceptors (Lipinski definition) is 4. The van der Waals surface area contributed by atoms with Crippen LogP contribution < -0.4 is 5.32 Å². The minimum absolute atomic E-state index is 0.243. The lowest BCUT2D eigenvalue weighted by Gasteiger charge is -2.23. The van der Waals surface area contributed by atoms with E-state index in [4.69, 9.17) is 5.11 Å². The molecule has 0 aliphatic carbocycles. The summed E-state index contributed by atoms with van der Waals surface area (Å²) in [7, 11) is 0. The van der Waals surface area contributed by atoms with Gasteiger partial charge in [0.15, 0.2) is 0 Å². The Balaban J connectivity index is 2.15. The van der Waals surface area contributed by atoms with Gasteiger partial charge < -0.3 is 10.4 Å².